The summed E-state index contributed by atoms with van der Waals surface area (Å²) in [7, 11) is 4.03. The molecule has 100 valence electrons. The van der Waals surface area contributed by atoms with Gasteiger partial charge in [0.15, 0.2) is 0 Å². The third-order valence-corrected chi connectivity index (χ3v) is 4.08. The van der Waals surface area contributed by atoms with Gasteiger partial charge in [0.25, 0.3) is 0 Å². The molecule has 0 amide bonds. The Kier molecular flexibility index (Phi) is 4.10. The van der Waals surface area contributed by atoms with Crippen molar-refractivity contribution in [1.29, 1.82) is 0 Å². The highest BCUT2D eigenvalue weighted by Crippen LogP contribution is 2.31. The second-order valence-electron chi connectivity index (χ2n) is 5.86. The first kappa shape index (κ1) is 13.2. The Morgan fingerprint density at radius 3 is 2.33 bits per heavy atom. The van der Waals surface area contributed by atoms with Gasteiger partial charge in [-0.2, -0.15) is 0 Å². The topological polar surface area (TPSA) is 28.2 Å². The fourth-order valence-corrected chi connectivity index (χ4v) is 2.89. The van der Waals surface area contributed by atoms with Crippen LogP contribution in [-0.4, -0.2) is 25.1 Å². The maximum absolute atomic E-state index is 4.46. The number of nitrogens with zero attached hydrogens (tertiary/aromatic N) is 2. The van der Waals surface area contributed by atoms with E-state index in [4.69, 9.17) is 0 Å². The van der Waals surface area contributed by atoms with Crippen molar-refractivity contribution in [1.82, 2.24) is 4.98 Å². The van der Waals surface area contributed by atoms with Gasteiger partial charge in [-0.05, 0) is 36.8 Å². The molecule has 0 aromatic carbocycles. The minimum absolute atomic E-state index is 0.589. The van der Waals surface area contributed by atoms with Crippen LogP contribution in [0.25, 0.3) is 0 Å². The highest BCUT2D eigenvalue weighted by Gasteiger charge is 2.27. The molecule has 1 heterocycles. The van der Waals surface area contributed by atoms with E-state index in [1.54, 1.807) is 0 Å². The Morgan fingerprint density at radius 2 is 1.83 bits per heavy atom. The number of nitrogens with one attached hydrogen (secondary N) is 1. The maximum atomic E-state index is 4.46. The molecular formula is C15H25N3. The minimum atomic E-state index is 0.589. The van der Waals surface area contributed by atoms with E-state index in [2.05, 4.69) is 36.3 Å². The highest BCUT2D eigenvalue weighted by atomic mass is 15.1. The quantitative estimate of drug-likeness (QED) is 0.887. The van der Waals surface area contributed by atoms with Crippen molar-refractivity contribution in [3.63, 3.8) is 0 Å². The van der Waals surface area contributed by atoms with Gasteiger partial charge in [-0.15, -0.1) is 0 Å². The summed E-state index contributed by atoms with van der Waals surface area (Å²) < 4.78 is 0. The van der Waals surface area contributed by atoms with Crippen molar-refractivity contribution in [2.24, 2.45) is 11.8 Å². The lowest BCUT2D eigenvalue weighted by molar-refractivity contribution is 0.268. The molecule has 1 aliphatic rings. The summed E-state index contributed by atoms with van der Waals surface area (Å²) in [6.45, 7) is 4.71. The first-order valence-corrected chi connectivity index (χ1v) is 6.98. The third kappa shape index (κ3) is 2.95. The normalized spacial score (nSPS) is 27.9. The standard InChI is InChI=1S/C15H25N3/c1-11-6-5-7-12(2)15(11)17-13-8-9-14(16-10-13)18(3)4/h8-12,15,17H,5-7H2,1-4H3. The molecule has 18 heavy (non-hydrogen) atoms. The molecule has 1 N–H and O–H groups in total. The van der Waals surface area contributed by atoms with Gasteiger partial charge in [-0.25, -0.2) is 4.98 Å². The van der Waals surface area contributed by atoms with Gasteiger partial charge < -0.3 is 10.2 Å². The summed E-state index contributed by atoms with van der Waals surface area (Å²) >= 11 is 0. The summed E-state index contributed by atoms with van der Waals surface area (Å²) in [5.41, 5.74) is 1.14. The monoisotopic (exact) mass is 247 g/mol. The molecule has 0 saturated heterocycles. The Balaban J connectivity index is 2.03. The molecule has 1 fully saturated rings. The van der Waals surface area contributed by atoms with Crippen LogP contribution in [0.3, 0.4) is 0 Å². The molecule has 2 atom stereocenters. The van der Waals surface area contributed by atoms with Crippen LogP contribution in [-0.2, 0) is 0 Å². The molecule has 1 aromatic heterocycles. The lowest BCUT2D eigenvalue weighted by Crippen LogP contribution is -2.37. The molecule has 3 nitrogen and oxygen atoms in total. The minimum Gasteiger partial charge on any atom is -0.381 e. The zero-order valence-corrected chi connectivity index (χ0v) is 12.0. The van der Waals surface area contributed by atoms with Crippen molar-refractivity contribution >= 4 is 11.5 Å². The first-order chi connectivity index (χ1) is 8.58. The molecular weight excluding hydrogens is 222 g/mol. The fraction of sp³-hybridized carbons (Fsp3) is 0.667. The predicted octanol–water partition coefficient (Wildman–Crippen LogP) is 3.38. The van der Waals surface area contributed by atoms with Crippen molar-refractivity contribution in [2.75, 3.05) is 24.3 Å². The van der Waals surface area contributed by atoms with E-state index in [0.29, 0.717) is 6.04 Å². The predicted molar refractivity (Wildman–Crippen MR) is 78.2 cm³/mol. The SMILES string of the molecule is CC1CCCC(C)C1Nc1ccc(N(C)C)nc1. The van der Waals surface area contributed by atoms with Gasteiger partial charge in [-0.3, -0.25) is 0 Å². The van der Waals surface area contributed by atoms with Crippen LogP contribution in [0, 0.1) is 11.8 Å². The zero-order valence-electron chi connectivity index (χ0n) is 12.0. The first-order valence-electron chi connectivity index (χ1n) is 6.98. The number of rotatable bonds is 3. The van der Waals surface area contributed by atoms with Crippen LogP contribution in [0.1, 0.15) is 33.1 Å². The smallest absolute Gasteiger partial charge is 0.128 e. The number of hydrogen-bond acceptors (Lipinski definition) is 3. The van der Waals surface area contributed by atoms with E-state index in [-0.39, 0.29) is 0 Å². The number of aromatic nitrogens is 1. The largest absolute Gasteiger partial charge is 0.381 e. The number of hydrogen-bond donors (Lipinski definition) is 1. The molecule has 1 aromatic rings. The summed E-state index contributed by atoms with van der Waals surface area (Å²) in [6, 6.07) is 4.79. The summed E-state index contributed by atoms with van der Waals surface area (Å²) in [5.74, 6) is 2.51. The number of pyridine rings is 1. The maximum Gasteiger partial charge on any atom is 0.128 e. The van der Waals surface area contributed by atoms with Crippen LogP contribution >= 0.6 is 0 Å². The Labute approximate surface area is 111 Å². The summed E-state index contributed by atoms with van der Waals surface area (Å²) in [5, 5.41) is 3.67. The molecule has 2 unspecified atom stereocenters. The van der Waals surface area contributed by atoms with Gasteiger partial charge in [0.2, 0.25) is 0 Å². The van der Waals surface area contributed by atoms with Gasteiger partial charge in [0.1, 0.15) is 5.82 Å². The van der Waals surface area contributed by atoms with Crippen molar-refractivity contribution in [2.45, 2.75) is 39.2 Å². The Bertz CT molecular complexity index is 362. The van der Waals surface area contributed by atoms with E-state index in [1.807, 2.05) is 25.2 Å². The van der Waals surface area contributed by atoms with E-state index in [0.717, 1.165) is 23.3 Å². The van der Waals surface area contributed by atoms with Crippen molar-refractivity contribution in [3.8, 4) is 0 Å². The number of anilines is 2. The van der Waals surface area contributed by atoms with Crippen molar-refractivity contribution < 1.29 is 0 Å². The molecule has 3 heteroatoms. The zero-order chi connectivity index (χ0) is 13.1. The molecule has 0 aliphatic heterocycles. The molecule has 0 spiro atoms. The van der Waals surface area contributed by atoms with E-state index in [9.17, 15) is 0 Å². The van der Waals surface area contributed by atoms with Crippen LogP contribution in [0.15, 0.2) is 18.3 Å². The van der Waals surface area contributed by atoms with E-state index < -0.39 is 0 Å². The molecule has 0 radical (unpaired) electrons. The third-order valence-electron chi connectivity index (χ3n) is 4.08. The van der Waals surface area contributed by atoms with Crippen LogP contribution in [0.4, 0.5) is 11.5 Å². The van der Waals surface area contributed by atoms with Crippen LogP contribution < -0.4 is 10.2 Å². The second-order valence-corrected chi connectivity index (χ2v) is 5.86. The van der Waals surface area contributed by atoms with Crippen LogP contribution in [0.2, 0.25) is 0 Å². The van der Waals surface area contributed by atoms with Gasteiger partial charge in [0, 0.05) is 20.1 Å². The second kappa shape index (κ2) is 5.59. The highest BCUT2D eigenvalue weighted by molar-refractivity contribution is 5.48. The average molecular weight is 247 g/mol. The van der Waals surface area contributed by atoms with Gasteiger partial charge in [0.05, 0.1) is 11.9 Å². The Hall–Kier alpha value is -1.25. The molecule has 0 bridgehead atoms. The molecule has 1 saturated carbocycles. The summed E-state index contributed by atoms with van der Waals surface area (Å²) in [4.78, 5) is 6.48. The lowest BCUT2D eigenvalue weighted by atomic mass is 9.78. The van der Waals surface area contributed by atoms with E-state index in [1.165, 1.54) is 19.3 Å². The van der Waals surface area contributed by atoms with Gasteiger partial charge in [-0.1, -0.05) is 20.3 Å². The molecule has 2 rings (SSSR count). The van der Waals surface area contributed by atoms with Crippen LogP contribution in [0.5, 0.6) is 0 Å². The fourth-order valence-electron chi connectivity index (χ4n) is 2.89. The lowest BCUT2D eigenvalue weighted by Gasteiger charge is -2.35. The van der Waals surface area contributed by atoms with Gasteiger partial charge >= 0.3 is 0 Å². The van der Waals surface area contributed by atoms with Crippen molar-refractivity contribution in [3.05, 3.63) is 18.3 Å². The average Bonchev–Trinajstić information content (AvgIpc) is 2.34. The van der Waals surface area contributed by atoms with E-state index >= 15 is 0 Å². The Morgan fingerprint density at radius 1 is 1.17 bits per heavy atom. The summed E-state index contributed by atoms with van der Waals surface area (Å²) in [6.07, 6.45) is 6.00. The molecule has 1 aliphatic carbocycles.